The van der Waals surface area contributed by atoms with Gasteiger partial charge in [0.15, 0.2) is 0 Å². The van der Waals surface area contributed by atoms with Crippen LogP contribution in [0, 0.1) is 0 Å². The zero-order chi connectivity index (χ0) is 21.0. The van der Waals surface area contributed by atoms with Crippen molar-refractivity contribution >= 4 is 5.84 Å². The van der Waals surface area contributed by atoms with E-state index < -0.39 is 11.7 Å². The van der Waals surface area contributed by atoms with E-state index in [0.717, 1.165) is 23.3 Å². The van der Waals surface area contributed by atoms with Crippen LogP contribution in [0.25, 0.3) is 0 Å². The Morgan fingerprint density at radius 1 is 0.800 bits per heavy atom. The zero-order valence-electron chi connectivity index (χ0n) is 16.1. The number of benzene rings is 3. The first-order valence-electron chi connectivity index (χ1n) is 9.68. The molecule has 0 fully saturated rings. The number of halogens is 3. The van der Waals surface area contributed by atoms with Gasteiger partial charge in [0.2, 0.25) is 0 Å². The molecule has 3 aromatic carbocycles. The summed E-state index contributed by atoms with van der Waals surface area (Å²) in [4.78, 5) is 4.80. The number of nitrogens with one attached hydrogen (secondary N) is 1. The number of aliphatic imine (C=N–C) groups is 1. The molecular weight excluding hydrogens is 389 g/mol. The first-order chi connectivity index (χ1) is 14.5. The molecule has 3 nitrogen and oxygen atoms in total. The van der Waals surface area contributed by atoms with Gasteiger partial charge in [-0.05, 0) is 28.8 Å². The van der Waals surface area contributed by atoms with Crippen molar-refractivity contribution < 1.29 is 17.9 Å². The van der Waals surface area contributed by atoms with Crippen LogP contribution < -0.4 is 5.32 Å². The largest absolute Gasteiger partial charge is 0.416 e. The summed E-state index contributed by atoms with van der Waals surface area (Å²) >= 11 is 0. The van der Waals surface area contributed by atoms with E-state index in [1.165, 1.54) is 6.07 Å². The molecule has 154 valence electrons. The molecule has 2 atom stereocenters. The highest BCUT2D eigenvalue weighted by molar-refractivity contribution is 5.86. The van der Waals surface area contributed by atoms with Crippen LogP contribution in [0.15, 0.2) is 89.9 Å². The molecule has 0 saturated heterocycles. The molecule has 1 heterocycles. The number of hydrogen-bond acceptors (Lipinski definition) is 3. The Balaban J connectivity index is 1.45. The predicted octanol–water partition coefficient (Wildman–Crippen LogP) is 5.71. The Hall–Kier alpha value is -3.12. The first-order valence-corrected chi connectivity index (χ1v) is 9.68. The van der Waals surface area contributed by atoms with E-state index in [9.17, 15) is 13.2 Å². The molecular formula is C24H21F3N2O. The molecule has 1 N–H and O–H groups in total. The van der Waals surface area contributed by atoms with Crippen LogP contribution in [0.2, 0.25) is 0 Å². The second kappa shape index (κ2) is 8.71. The summed E-state index contributed by atoms with van der Waals surface area (Å²) in [6, 6.07) is 25.1. The number of hydrogen-bond donors (Lipinski definition) is 1. The maximum atomic E-state index is 12.9. The van der Waals surface area contributed by atoms with E-state index in [4.69, 9.17) is 9.73 Å². The minimum absolute atomic E-state index is 0.0271. The van der Waals surface area contributed by atoms with Crippen molar-refractivity contribution in [2.24, 2.45) is 4.99 Å². The maximum Gasteiger partial charge on any atom is 0.416 e. The molecule has 30 heavy (non-hydrogen) atoms. The molecule has 0 spiro atoms. The van der Waals surface area contributed by atoms with E-state index in [0.29, 0.717) is 11.4 Å². The van der Waals surface area contributed by atoms with Gasteiger partial charge in [0.25, 0.3) is 0 Å². The predicted molar refractivity (Wildman–Crippen MR) is 110 cm³/mol. The molecule has 0 amide bonds. The molecule has 1 aliphatic rings. The van der Waals surface area contributed by atoms with Crippen LogP contribution in [0.4, 0.5) is 13.2 Å². The van der Waals surface area contributed by atoms with Crippen LogP contribution in [-0.4, -0.2) is 12.4 Å². The van der Waals surface area contributed by atoms with E-state index in [1.54, 1.807) is 6.07 Å². The fraction of sp³-hybridized carbons (Fsp3) is 0.208. The van der Waals surface area contributed by atoms with Crippen LogP contribution >= 0.6 is 0 Å². The van der Waals surface area contributed by atoms with Gasteiger partial charge >= 0.3 is 6.18 Å². The molecule has 3 aromatic rings. The molecule has 0 aliphatic carbocycles. The highest BCUT2D eigenvalue weighted by atomic mass is 19.4. The zero-order valence-corrected chi connectivity index (χ0v) is 16.1. The van der Waals surface area contributed by atoms with Gasteiger partial charge in [0.05, 0.1) is 18.2 Å². The van der Waals surface area contributed by atoms with Gasteiger partial charge in [0, 0.05) is 0 Å². The number of nitrogens with zero attached hydrogens (tertiary/aromatic N) is 1. The average Bonchev–Trinajstić information content (AvgIpc) is 3.19. The van der Waals surface area contributed by atoms with Crippen molar-refractivity contribution in [3.05, 3.63) is 107 Å². The van der Waals surface area contributed by atoms with Gasteiger partial charge in [-0.1, -0.05) is 72.8 Å². The highest BCUT2D eigenvalue weighted by Gasteiger charge is 2.31. The van der Waals surface area contributed by atoms with Crippen molar-refractivity contribution in [2.75, 3.05) is 6.61 Å². The van der Waals surface area contributed by atoms with E-state index in [1.807, 2.05) is 48.5 Å². The molecule has 4 rings (SSSR count). The summed E-state index contributed by atoms with van der Waals surface area (Å²) in [7, 11) is 0. The number of alkyl halides is 3. The Kier molecular flexibility index (Phi) is 5.86. The molecule has 1 aliphatic heterocycles. The van der Waals surface area contributed by atoms with Gasteiger partial charge in [-0.15, -0.1) is 0 Å². The van der Waals surface area contributed by atoms with Crippen molar-refractivity contribution in [2.45, 2.75) is 24.9 Å². The van der Waals surface area contributed by atoms with E-state index >= 15 is 0 Å². The van der Waals surface area contributed by atoms with E-state index in [2.05, 4.69) is 17.4 Å². The molecule has 0 bridgehead atoms. The lowest BCUT2D eigenvalue weighted by Gasteiger charge is -2.19. The Morgan fingerprint density at radius 2 is 1.47 bits per heavy atom. The molecule has 0 saturated carbocycles. The molecule has 0 radical (unpaired) electrons. The normalized spacial score (nSPS) is 18.7. The summed E-state index contributed by atoms with van der Waals surface area (Å²) < 4.78 is 44.3. The summed E-state index contributed by atoms with van der Waals surface area (Å²) in [5.74, 6) is 0.685. The summed E-state index contributed by atoms with van der Waals surface area (Å²) in [6.45, 7) is 0.277. The van der Waals surface area contributed by atoms with Gasteiger partial charge in [-0.25, -0.2) is 0 Å². The lowest BCUT2D eigenvalue weighted by Crippen LogP contribution is -2.27. The van der Waals surface area contributed by atoms with Gasteiger partial charge in [-0.2, -0.15) is 13.2 Å². The highest BCUT2D eigenvalue weighted by Crippen LogP contribution is 2.36. The topological polar surface area (TPSA) is 33.6 Å². The average molecular weight is 410 g/mol. The summed E-state index contributed by atoms with van der Waals surface area (Å²) in [6.07, 6.45) is -4.36. The van der Waals surface area contributed by atoms with Gasteiger partial charge < -0.3 is 10.1 Å². The van der Waals surface area contributed by atoms with Crippen molar-refractivity contribution in [3.63, 3.8) is 0 Å². The first kappa shape index (κ1) is 20.2. The Bertz CT molecular complexity index is 1000. The lowest BCUT2D eigenvalue weighted by atomic mass is 9.95. The Morgan fingerprint density at radius 3 is 2.13 bits per heavy atom. The van der Waals surface area contributed by atoms with Gasteiger partial charge in [-0.3, -0.25) is 4.99 Å². The van der Waals surface area contributed by atoms with Crippen molar-refractivity contribution in [3.8, 4) is 0 Å². The third-order valence-electron chi connectivity index (χ3n) is 4.99. The van der Waals surface area contributed by atoms with Crippen molar-refractivity contribution in [1.82, 2.24) is 5.32 Å². The number of ether oxygens (including phenoxy) is 1. The van der Waals surface area contributed by atoms with Gasteiger partial charge in [0.1, 0.15) is 18.5 Å². The second-order valence-corrected chi connectivity index (χ2v) is 7.15. The summed E-state index contributed by atoms with van der Waals surface area (Å²) in [5, 5.41) is 3.42. The second-order valence-electron chi connectivity index (χ2n) is 7.15. The minimum Gasteiger partial charge on any atom is -0.369 e. The third kappa shape index (κ3) is 4.71. The monoisotopic (exact) mass is 410 g/mol. The van der Waals surface area contributed by atoms with E-state index in [-0.39, 0.29) is 25.3 Å². The smallest absolute Gasteiger partial charge is 0.369 e. The Labute approximate surface area is 173 Å². The minimum atomic E-state index is -4.36. The van der Waals surface area contributed by atoms with Crippen LogP contribution in [-0.2, 0) is 17.5 Å². The number of amidine groups is 1. The molecule has 2 unspecified atom stereocenters. The standard InChI is InChI=1S/C24H21F3N2O/c25-24(26,27)20-13-7-8-17(14-20)15-30-16-21-28-22(18-9-3-1-4-10-18)23(29-21)19-11-5-2-6-12-19/h1-14,22-23H,15-16H2,(H,28,29). The SMILES string of the molecule is FC(F)(F)c1cccc(COCC2=NC(c3ccccc3)C(c3ccccc3)N2)c1. The van der Waals surface area contributed by atoms with Crippen LogP contribution in [0.1, 0.15) is 34.3 Å². The molecule has 0 aromatic heterocycles. The molecule has 6 heteroatoms. The quantitative estimate of drug-likeness (QED) is 0.565. The number of rotatable bonds is 6. The fourth-order valence-electron chi connectivity index (χ4n) is 3.56. The maximum absolute atomic E-state index is 12.9. The van der Waals surface area contributed by atoms with Crippen molar-refractivity contribution in [1.29, 1.82) is 0 Å². The lowest BCUT2D eigenvalue weighted by molar-refractivity contribution is -0.137. The van der Waals surface area contributed by atoms with Crippen LogP contribution in [0.3, 0.4) is 0 Å². The third-order valence-corrected chi connectivity index (χ3v) is 4.99. The summed E-state index contributed by atoms with van der Waals surface area (Å²) in [5.41, 5.74) is 2.01. The fourth-order valence-corrected chi connectivity index (χ4v) is 3.56. The van der Waals surface area contributed by atoms with Crippen LogP contribution in [0.5, 0.6) is 0 Å².